The molecule has 1 saturated heterocycles. The molecule has 4 rings (SSSR count). The molecule has 0 spiro atoms. The van der Waals surface area contributed by atoms with E-state index < -0.39 is 0 Å². The number of nitrogens with zero attached hydrogens (tertiary/aromatic N) is 3. The zero-order chi connectivity index (χ0) is 20.2. The van der Waals surface area contributed by atoms with Crippen molar-refractivity contribution in [1.29, 1.82) is 0 Å². The lowest BCUT2D eigenvalue weighted by molar-refractivity contribution is 0.0700. The van der Waals surface area contributed by atoms with Crippen molar-refractivity contribution >= 4 is 5.91 Å². The molecular formula is C24H25N3O2. The highest BCUT2D eigenvalue weighted by atomic mass is 16.5. The number of aromatic nitrogens is 2. The minimum atomic E-state index is -0.00155. The van der Waals surface area contributed by atoms with Crippen molar-refractivity contribution in [2.75, 3.05) is 20.2 Å². The van der Waals surface area contributed by atoms with Crippen LogP contribution in [-0.2, 0) is 0 Å². The Hall–Kier alpha value is -3.21. The van der Waals surface area contributed by atoms with Gasteiger partial charge in [0.25, 0.3) is 5.91 Å². The number of pyridine rings is 2. The van der Waals surface area contributed by atoms with Crippen LogP contribution >= 0.6 is 0 Å². The average Bonchev–Trinajstić information content (AvgIpc) is 2.79. The van der Waals surface area contributed by atoms with Crippen LogP contribution in [-0.4, -0.2) is 41.0 Å². The van der Waals surface area contributed by atoms with E-state index in [-0.39, 0.29) is 11.8 Å². The lowest BCUT2D eigenvalue weighted by atomic mass is 9.92. The van der Waals surface area contributed by atoms with Crippen molar-refractivity contribution in [3.63, 3.8) is 0 Å². The first-order valence-corrected chi connectivity index (χ1v) is 9.97. The number of ether oxygens (including phenoxy) is 1. The van der Waals surface area contributed by atoms with Crippen molar-refractivity contribution in [3.8, 4) is 16.9 Å². The number of rotatable bonds is 4. The molecule has 0 radical (unpaired) electrons. The smallest absolute Gasteiger partial charge is 0.272 e. The summed E-state index contributed by atoms with van der Waals surface area (Å²) in [5.74, 6) is 1.07. The van der Waals surface area contributed by atoms with Gasteiger partial charge in [-0.25, -0.2) is 0 Å². The first kappa shape index (κ1) is 19.1. The van der Waals surface area contributed by atoms with Crippen LogP contribution in [0.15, 0.2) is 60.8 Å². The van der Waals surface area contributed by atoms with Gasteiger partial charge in [0, 0.05) is 36.6 Å². The first-order chi connectivity index (χ1) is 14.1. The Balaban J connectivity index is 1.57. The van der Waals surface area contributed by atoms with E-state index in [4.69, 9.17) is 9.72 Å². The Bertz CT molecular complexity index is 987. The second-order valence-corrected chi connectivity index (χ2v) is 7.46. The number of aryl methyl sites for hydroxylation is 1. The molecule has 0 N–H and O–H groups in total. The lowest BCUT2D eigenvalue weighted by Crippen LogP contribution is -2.39. The Morgan fingerprint density at radius 3 is 2.66 bits per heavy atom. The summed E-state index contributed by atoms with van der Waals surface area (Å²) < 4.78 is 5.26. The number of likely N-dealkylation sites (tertiary alicyclic amines) is 1. The van der Waals surface area contributed by atoms with Crippen LogP contribution in [0.5, 0.6) is 5.75 Å². The molecule has 1 fully saturated rings. The predicted octanol–water partition coefficient (Wildman–Crippen LogP) is 4.48. The maximum absolute atomic E-state index is 12.8. The van der Waals surface area contributed by atoms with Crippen molar-refractivity contribution in [2.24, 2.45) is 0 Å². The van der Waals surface area contributed by atoms with Gasteiger partial charge in [-0.1, -0.05) is 18.2 Å². The Labute approximate surface area is 171 Å². The van der Waals surface area contributed by atoms with Gasteiger partial charge in [-0.3, -0.25) is 14.8 Å². The van der Waals surface area contributed by atoms with E-state index in [1.807, 2.05) is 36.1 Å². The van der Waals surface area contributed by atoms with Crippen LogP contribution < -0.4 is 4.74 Å². The van der Waals surface area contributed by atoms with E-state index >= 15 is 0 Å². The largest absolute Gasteiger partial charge is 0.497 e. The summed E-state index contributed by atoms with van der Waals surface area (Å²) in [6.07, 6.45) is 3.67. The van der Waals surface area contributed by atoms with Gasteiger partial charge in [0.15, 0.2) is 0 Å². The normalized spacial score (nSPS) is 16.5. The Kier molecular flexibility index (Phi) is 5.56. The van der Waals surface area contributed by atoms with Gasteiger partial charge in [0.2, 0.25) is 0 Å². The van der Waals surface area contributed by atoms with Gasteiger partial charge < -0.3 is 9.64 Å². The van der Waals surface area contributed by atoms with E-state index in [9.17, 15) is 4.79 Å². The molecule has 1 aliphatic rings. The number of carbonyl (C=O) groups excluding carboxylic acids is 1. The minimum Gasteiger partial charge on any atom is -0.497 e. The first-order valence-electron chi connectivity index (χ1n) is 9.97. The quantitative estimate of drug-likeness (QED) is 0.662. The molecule has 0 bridgehead atoms. The molecule has 3 heterocycles. The third-order valence-electron chi connectivity index (χ3n) is 5.41. The van der Waals surface area contributed by atoms with Crippen LogP contribution in [0, 0.1) is 6.92 Å². The fourth-order valence-corrected chi connectivity index (χ4v) is 3.91. The third kappa shape index (κ3) is 4.29. The van der Waals surface area contributed by atoms with Gasteiger partial charge in [-0.15, -0.1) is 0 Å². The summed E-state index contributed by atoms with van der Waals surface area (Å²) >= 11 is 0. The number of amides is 1. The molecule has 5 heteroatoms. The van der Waals surface area contributed by atoms with Crippen LogP contribution in [0.1, 0.15) is 40.6 Å². The number of piperidine rings is 1. The lowest BCUT2D eigenvalue weighted by Gasteiger charge is -2.32. The van der Waals surface area contributed by atoms with Gasteiger partial charge in [-0.2, -0.15) is 0 Å². The molecule has 0 aliphatic carbocycles. The zero-order valence-corrected chi connectivity index (χ0v) is 16.8. The van der Waals surface area contributed by atoms with Gasteiger partial charge in [-0.05, 0) is 67.3 Å². The fraction of sp³-hybridized carbons (Fsp3) is 0.292. The molecule has 2 aromatic heterocycles. The molecule has 1 unspecified atom stereocenters. The van der Waals surface area contributed by atoms with Crippen molar-refractivity contribution in [3.05, 3.63) is 77.9 Å². The van der Waals surface area contributed by atoms with E-state index in [1.165, 1.54) is 0 Å². The summed E-state index contributed by atoms with van der Waals surface area (Å²) in [5, 5.41) is 0. The molecule has 148 valence electrons. The second-order valence-electron chi connectivity index (χ2n) is 7.46. The molecular weight excluding hydrogens is 362 g/mol. The Morgan fingerprint density at radius 2 is 1.93 bits per heavy atom. The minimum absolute atomic E-state index is 0.00155. The maximum atomic E-state index is 12.8. The summed E-state index contributed by atoms with van der Waals surface area (Å²) in [6.45, 7) is 3.47. The van der Waals surface area contributed by atoms with Crippen LogP contribution in [0.25, 0.3) is 11.1 Å². The highest BCUT2D eigenvalue weighted by Crippen LogP contribution is 2.30. The predicted molar refractivity (Wildman–Crippen MR) is 113 cm³/mol. The van der Waals surface area contributed by atoms with E-state index in [0.29, 0.717) is 12.2 Å². The monoisotopic (exact) mass is 387 g/mol. The molecule has 1 aromatic carbocycles. The molecule has 1 atom stereocenters. The summed E-state index contributed by atoms with van der Waals surface area (Å²) in [4.78, 5) is 23.8. The van der Waals surface area contributed by atoms with Gasteiger partial charge in [0.1, 0.15) is 11.4 Å². The standard InChI is InChI=1S/C24H25N3O2/c1-17-14-20(18-8-10-21(29-2)11-9-18)15-23(26-17)19-6-5-13-27(16-19)24(28)22-7-3-4-12-25-22/h3-4,7-12,14-15,19H,5-6,13,16H2,1-2H3. The van der Waals surface area contributed by atoms with Crippen LogP contribution in [0.2, 0.25) is 0 Å². The van der Waals surface area contributed by atoms with Gasteiger partial charge >= 0.3 is 0 Å². The van der Waals surface area contributed by atoms with Crippen LogP contribution in [0.4, 0.5) is 0 Å². The molecule has 29 heavy (non-hydrogen) atoms. The number of hydrogen-bond donors (Lipinski definition) is 0. The topological polar surface area (TPSA) is 55.3 Å². The number of benzene rings is 1. The Morgan fingerprint density at radius 1 is 1.10 bits per heavy atom. The second kappa shape index (κ2) is 8.43. The number of carbonyl (C=O) groups is 1. The molecule has 1 aliphatic heterocycles. The van der Waals surface area contributed by atoms with Crippen molar-refractivity contribution in [2.45, 2.75) is 25.7 Å². The summed E-state index contributed by atoms with van der Waals surface area (Å²) in [5.41, 5.74) is 4.82. The summed E-state index contributed by atoms with van der Waals surface area (Å²) in [7, 11) is 1.67. The SMILES string of the molecule is COc1ccc(-c2cc(C)nc(C3CCCN(C(=O)c4ccccn4)C3)c2)cc1. The summed E-state index contributed by atoms with van der Waals surface area (Å²) in [6, 6.07) is 17.8. The van der Waals surface area contributed by atoms with E-state index in [2.05, 4.69) is 29.2 Å². The fourth-order valence-electron chi connectivity index (χ4n) is 3.91. The molecule has 1 amide bonds. The van der Waals surface area contributed by atoms with Crippen LogP contribution in [0.3, 0.4) is 0 Å². The maximum Gasteiger partial charge on any atom is 0.272 e. The van der Waals surface area contributed by atoms with E-state index in [0.717, 1.165) is 47.7 Å². The number of hydrogen-bond acceptors (Lipinski definition) is 4. The zero-order valence-electron chi connectivity index (χ0n) is 16.8. The third-order valence-corrected chi connectivity index (χ3v) is 5.41. The number of methoxy groups -OCH3 is 1. The highest BCUT2D eigenvalue weighted by Gasteiger charge is 2.27. The van der Waals surface area contributed by atoms with E-state index in [1.54, 1.807) is 19.4 Å². The van der Waals surface area contributed by atoms with Crippen molar-refractivity contribution in [1.82, 2.24) is 14.9 Å². The average molecular weight is 387 g/mol. The molecule has 3 aromatic rings. The van der Waals surface area contributed by atoms with Gasteiger partial charge in [0.05, 0.1) is 7.11 Å². The molecule has 5 nitrogen and oxygen atoms in total. The van der Waals surface area contributed by atoms with Crippen molar-refractivity contribution < 1.29 is 9.53 Å². The molecule has 0 saturated carbocycles. The highest BCUT2D eigenvalue weighted by molar-refractivity contribution is 5.92.